The van der Waals surface area contributed by atoms with Gasteiger partial charge in [-0.15, -0.1) is 0 Å². The highest BCUT2D eigenvalue weighted by atomic mass is 32.1. The van der Waals surface area contributed by atoms with Crippen molar-refractivity contribution in [3.63, 3.8) is 0 Å². The van der Waals surface area contributed by atoms with Crippen molar-refractivity contribution >= 4 is 43.6 Å². The largest absolute Gasteiger partial charge is 0.376 e. The first kappa shape index (κ1) is 19.2. The van der Waals surface area contributed by atoms with Crippen molar-refractivity contribution < 1.29 is 9.53 Å². The molecule has 4 aromatic rings. The fourth-order valence-corrected chi connectivity index (χ4v) is 5.04. The lowest BCUT2D eigenvalue weighted by Gasteiger charge is -2.23. The number of imidazole rings is 1. The van der Waals surface area contributed by atoms with Crippen molar-refractivity contribution in [1.29, 1.82) is 0 Å². The lowest BCUT2D eigenvalue weighted by atomic mass is 10.2. The van der Waals surface area contributed by atoms with Crippen LogP contribution in [0.4, 0.5) is 5.13 Å². The van der Waals surface area contributed by atoms with Crippen molar-refractivity contribution in [3.8, 4) is 0 Å². The molecule has 6 nitrogen and oxygen atoms in total. The van der Waals surface area contributed by atoms with Gasteiger partial charge in [-0.1, -0.05) is 42.5 Å². The Balaban J connectivity index is 1.50. The van der Waals surface area contributed by atoms with E-state index < -0.39 is 0 Å². The third kappa shape index (κ3) is 3.59. The number of nitrogens with zero attached hydrogens (tertiary/aromatic N) is 4. The zero-order chi connectivity index (χ0) is 20.5. The summed E-state index contributed by atoms with van der Waals surface area (Å²) in [5.74, 6) is 0.938. The van der Waals surface area contributed by atoms with Crippen LogP contribution in [0.3, 0.4) is 0 Å². The van der Waals surface area contributed by atoms with E-state index in [1.165, 1.54) is 0 Å². The zero-order valence-corrected chi connectivity index (χ0v) is 17.8. The van der Waals surface area contributed by atoms with Gasteiger partial charge < -0.3 is 9.30 Å². The van der Waals surface area contributed by atoms with E-state index in [9.17, 15) is 4.79 Å². The molecule has 0 radical (unpaired) electrons. The number of carbonyl (C=O) groups excluding carboxylic acids is 1. The number of benzene rings is 2. The molecule has 30 heavy (non-hydrogen) atoms. The third-order valence-electron chi connectivity index (χ3n) is 5.57. The van der Waals surface area contributed by atoms with Gasteiger partial charge in [0, 0.05) is 13.0 Å². The van der Waals surface area contributed by atoms with E-state index in [-0.39, 0.29) is 18.6 Å². The van der Waals surface area contributed by atoms with Crippen LogP contribution in [0.2, 0.25) is 0 Å². The first-order valence-electron chi connectivity index (χ1n) is 10.4. The number of hydrogen-bond acceptors (Lipinski definition) is 5. The first-order chi connectivity index (χ1) is 14.7. The van der Waals surface area contributed by atoms with Crippen LogP contribution >= 0.6 is 11.3 Å². The molecule has 1 aliphatic rings. The van der Waals surface area contributed by atoms with E-state index in [2.05, 4.69) is 6.92 Å². The normalized spacial score (nSPS) is 16.5. The summed E-state index contributed by atoms with van der Waals surface area (Å²) in [6, 6.07) is 16.0. The Kier molecular flexibility index (Phi) is 5.23. The van der Waals surface area contributed by atoms with E-state index in [0.717, 1.165) is 58.1 Å². The van der Waals surface area contributed by atoms with Crippen molar-refractivity contribution in [3.05, 3.63) is 54.4 Å². The summed E-state index contributed by atoms with van der Waals surface area (Å²) >= 11 is 1.56. The highest BCUT2D eigenvalue weighted by molar-refractivity contribution is 7.22. The van der Waals surface area contributed by atoms with Gasteiger partial charge in [0.2, 0.25) is 5.91 Å². The summed E-state index contributed by atoms with van der Waals surface area (Å²) in [7, 11) is 0. The Morgan fingerprint density at radius 1 is 1.17 bits per heavy atom. The number of aromatic nitrogens is 3. The van der Waals surface area contributed by atoms with Crippen LogP contribution in [0.25, 0.3) is 21.3 Å². The molecule has 0 spiro atoms. The first-order valence-corrected chi connectivity index (χ1v) is 11.3. The maximum Gasteiger partial charge on any atom is 0.248 e. The molecule has 2 aromatic carbocycles. The van der Waals surface area contributed by atoms with Gasteiger partial charge in [-0.05, 0) is 37.1 Å². The van der Waals surface area contributed by atoms with Gasteiger partial charge in [0.1, 0.15) is 12.4 Å². The predicted octanol–water partition coefficient (Wildman–Crippen LogP) is 4.42. The molecule has 0 bridgehead atoms. The van der Waals surface area contributed by atoms with Crippen molar-refractivity contribution in [2.45, 2.75) is 38.8 Å². The Labute approximate surface area is 179 Å². The molecular weight excluding hydrogens is 396 g/mol. The van der Waals surface area contributed by atoms with Gasteiger partial charge in [-0.3, -0.25) is 9.69 Å². The van der Waals surface area contributed by atoms with Gasteiger partial charge in [0.25, 0.3) is 0 Å². The molecular formula is C23H24N4O2S. The van der Waals surface area contributed by atoms with E-state index in [1.807, 2.05) is 58.0 Å². The fraction of sp³-hybridized carbons (Fsp3) is 0.348. The van der Waals surface area contributed by atoms with Crippen LogP contribution in [-0.4, -0.2) is 39.7 Å². The SMILES string of the molecule is CCc1nc2ccccc2n1CC(=O)N(CC1CCCO1)c1nc2ccccc2s1. The van der Waals surface area contributed by atoms with Crippen molar-refractivity contribution in [2.75, 3.05) is 18.1 Å². The molecule has 2 aromatic heterocycles. The van der Waals surface area contributed by atoms with Crippen LogP contribution in [0.5, 0.6) is 0 Å². The number of thiazole rings is 1. The van der Waals surface area contributed by atoms with E-state index >= 15 is 0 Å². The smallest absolute Gasteiger partial charge is 0.248 e. The van der Waals surface area contributed by atoms with Crippen LogP contribution in [0.1, 0.15) is 25.6 Å². The summed E-state index contributed by atoms with van der Waals surface area (Å²) in [6.07, 6.45) is 2.85. The topological polar surface area (TPSA) is 60.2 Å². The number of rotatable bonds is 6. The van der Waals surface area contributed by atoms with Crippen LogP contribution in [0.15, 0.2) is 48.5 Å². The van der Waals surface area contributed by atoms with Gasteiger partial charge in [-0.2, -0.15) is 0 Å². The lowest BCUT2D eigenvalue weighted by molar-refractivity contribution is -0.119. The third-order valence-corrected chi connectivity index (χ3v) is 6.63. The average molecular weight is 421 g/mol. The summed E-state index contributed by atoms with van der Waals surface area (Å²) in [5, 5.41) is 0.735. The molecule has 0 aliphatic carbocycles. The number of carbonyl (C=O) groups is 1. The molecule has 1 unspecified atom stereocenters. The van der Waals surface area contributed by atoms with Crippen LogP contribution in [-0.2, 0) is 22.5 Å². The predicted molar refractivity (Wildman–Crippen MR) is 120 cm³/mol. The number of hydrogen-bond donors (Lipinski definition) is 0. The van der Waals surface area contributed by atoms with E-state index in [4.69, 9.17) is 14.7 Å². The molecule has 5 rings (SSSR count). The van der Waals surface area contributed by atoms with Crippen molar-refractivity contribution in [1.82, 2.24) is 14.5 Å². The average Bonchev–Trinajstić information content (AvgIpc) is 3.50. The number of para-hydroxylation sites is 3. The van der Waals surface area contributed by atoms with Crippen molar-refractivity contribution in [2.24, 2.45) is 0 Å². The molecule has 0 saturated carbocycles. The maximum absolute atomic E-state index is 13.6. The Bertz CT molecular complexity index is 1160. The number of ether oxygens (including phenoxy) is 1. The van der Waals surface area contributed by atoms with Gasteiger partial charge >= 0.3 is 0 Å². The monoisotopic (exact) mass is 420 g/mol. The summed E-state index contributed by atoms with van der Waals surface area (Å²) < 4.78 is 8.96. The molecule has 1 fully saturated rings. The summed E-state index contributed by atoms with van der Waals surface area (Å²) in [5.41, 5.74) is 2.84. The molecule has 3 heterocycles. The highest BCUT2D eigenvalue weighted by Gasteiger charge is 2.27. The van der Waals surface area contributed by atoms with E-state index in [1.54, 1.807) is 11.3 Å². The summed E-state index contributed by atoms with van der Waals surface area (Å²) in [4.78, 5) is 24.9. The van der Waals surface area contributed by atoms with Gasteiger partial charge in [0.15, 0.2) is 5.13 Å². The minimum Gasteiger partial charge on any atom is -0.376 e. The molecule has 1 amide bonds. The van der Waals surface area contributed by atoms with Crippen LogP contribution < -0.4 is 4.90 Å². The summed E-state index contributed by atoms with van der Waals surface area (Å²) in [6.45, 7) is 3.61. The zero-order valence-electron chi connectivity index (χ0n) is 17.0. The number of fused-ring (bicyclic) bond motifs is 2. The minimum atomic E-state index is 0.0161. The number of anilines is 1. The molecule has 0 N–H and O–H groups in total. The standard InChI is InChI=1S/C23H24N4O2S/c1-2-21-24-17-9-3-5-11-19(17)26(21)15-22(28)27(14-16-8-7-13-29-16)23-25-18-10-4-6-12-20(18)30-23/h3-6,9-12,16H,2,7-8,13-15H2,1H3. The Hall–Kier alpha value is -2.77. The second kappa shape index (κ2) is 8.16. The Morgan fingerprint density at radius 3 is 2.73 bits per heavy atom. The fourth-order valence-electron chi connectivity index (χ4n) is 4.05. The minimum absolute atomic E-state index is 0.0161. The quantitative estimate of drug-likeness (QED) is 0.463. The van der Waals surface area contributed by atoms with Gasteiger partial charge in [-0.25, -0.2) is 9.97 Å². The molecule has 1 saturated heterocycles. The second-order valence-electron chi connectivity index (χ2n) is 7.56. The molecule has 7 heteroatoms. The molecule has 1 aliphatic heterocycles. The maximum atomic E-state index is 13.6. The molecule has 154 valence electrons. The number of amides is 1. The second-order valence-corrected chi connectivity index (χ2v) is 8.57. The lowest BCUT2D eigenvalue weighted by Crippen LogP contribution is -2.39. The van der Waals surface area contributed by atoms with E-state index in [0.29, 0.717) is 6.54 Å². The van der Waals surface area contributed by atoms with Gasteiger partial charge in [0.05, 0.1) is 33.9 Å². The van der Waals surface area contributed by atoms with Crippen LogP contribution in [0, 0.1) is 0 Å². The Morgan fingerprint density at radius 2 is 1.97 bits per heavy atom. The molecule has 1 atom stereocenters. The highest BCUT2D eigenvalue weighted by Crippen LogP contribution is 2.30. The number of aryl methyl sites for hydroxylation is 1.